The summed E-state index contributed by atoms with van der Waals surface area (Å²) in [7, 11) is 0. The third-order valence-electron chi connectivity index (χ3n) is 2.45. The van der Waals surface area contributed by atoms with E-state index < -0.39 is 0 Å². The molecule has 0 radical (unpaired) electrons. The van der Waals surface area contributed by atoms with E-state index in [1.807, 2.05) is 32.0 Å². The fourth-order valence-corrected chi connectivity index (χ4v) is 2.52. The van der Waals surface area contributed by atoms with E-state index in [1.165, 1.54) is 17.8 Å². The largest absolute Gasteiger partial charge is 0.489 e. The molecular weight excluding hydrogens is 261 g/mol. The summed E-state index contributed by atoms with van der Waals surface area (Å²) in [4.78, 5) is 1.35. The lowest BCUT2D eigenvalue weighted by molar-refractivity contribution is 0.243. The fraction of sp³-hybridized carbons (Fsp3) is 0.200. The van der Waals surface area contributed by atoms with Crippen LogP contribution >= 0.6 is 11.8 Å². The number of halogens is 1. The molecule has 0 aliphatic rings. The van der Waals surface area contributed by atoms with Gasteiger partial charge in [0.25, 0.3) is 0 Å². The molecule has 0 saturated carbocycles. The quantitative estimate of drug-likeness (QED) is 0.844. The normalized spacial score (nSPS) is 10.7. The van der Waals surface area contributed by atoms with Gasteiger partial charge >= 0.3 is 0 Å². The third-order valence-corrected chi connectivity index (χ3v) is 3.57. The van der Waals surface area contributed by atoms with Gasteiger partial charge in [0.1, 0.15) is 11.6 Å². The average molecular weight is 277 g/mol. The highest BCUT2D eigenvalue weighted by molar-refractivity contribution is 7.99. The molecule has 2 N–H and O–H groups in total. The Balaban J connectivity index is 2.28. The topological polar surface area (TPSA) is 35.2 Å². The van der Waals surface area contributed by atoms with Crippen molar-refractivity contribution in [3.05, 3.63) is 48.3 Å². The second kappa shape index (κ2) is 5.97. The lowest BCUT2D eigenvalue weighted by Gasteiger charge is -2.14. The number of ether oxygens (including phenoxy) is 1. The number of hydrogen-bond donors (Lipinski definition) is 1. The molecule has 0 unspecified atom stereocenters. The van der Waals surface area contributed by atoms with E-state index in [0.717, 1.165) is 4.90 Å². The number of benzene rings is 2. The minimum Gasteiger partial charge on any atom is -0.489 e. The number of nitrogens with two attached hydrogens (primary N) is 1. The number of nitrogen functional groups attached to an aromatic ring is 1. The molecule has 0 spiro atoms. The van der Waals surface area contributed by atoms with E-state index in [9.17, 15) is 4.39 Å². The molecule has 0 aromatic heterocycles. The molecule has 2 aromatic rings. The Labute approximate surface area is 116 Å². The van der Waals surface area contributed by atoms with Crippen LogP contribution in [0.25, 0.3) is 0 Å². The summed E-state index contributed by atoms with van der Waals surface area (Å²) in [5.74, 6) is 0.387. The molecule has 100 valence electrons. The number of hydrogen-bond acceptors (Lipinski definition) is 3. The zero-order valence-electron chi connectivity index (χ0n) is 10.9. The number of para-hydroxylation sites is 1. The van der Waals surface area contributed by atoms with Gasteiger partial charge in [-0.25, -0.2) is 4.39 Å². The average Bonchev–Trinajstić information content (AvgIpc) is 2.36. The van der Waals surface area contributed by atoms with Crippen LogP contribution in [0.4, 0.5) is 10.1 Å². The highest BCUT2D eigenvalue weighted by Crippen LogP contribution is 2.38. The van der Waals surface area contributed by atoms with Crippen molar-refractivity contribution in [1.29, 1.82) is 0 Å². The Morgan fingerprint density at radius 3 is 2.42 bits per heavy atom. The predicted octanol–water partition coefficient (Wildman–Crippen LogP) is 4.35. The van der Waals surface area contributed by atoms with Gasteiger partial charge in [-0.05, 0) is 38.1 Å². The Kier molecular flexibility index (Phi) is 4.32. The van der Waals surface area contributed by atoms with Crippen molar-refractivity contribution in [3.63, 3.8) is 0 Å². The smallest absolute Gasteiger partial charge is 0.143 e. The van der Waals surface area contributed by atoms with Gasteiger partial charge in [-0.3, -0.25) is 0 Å². The molecular formula is C15H16FNOS. The van der Waals surface area contributed by atoms with Gasteiger partial charge in [-0.2, -0.15) is 0 Å². The summed E-state index contributed by atoms with van der Waals surface area (Å²) in [5, 5.41) is 0. The number of rotatable bonds is 4. The van der Waals surface area contributed by atoms with Crippen LogP contribution in [0, 0.1) is 5.82 Å². The lowest BCUT2D eigenvalue weighted by Crippen LogP contribution is -2.07. The molecule has 2 nitrogen and oxygen atoms in total. The first-order chi connectivity index (χ1) is 9.08. The summed E-state index contributed by atoms with van der Waals surface area (Å²) in [6.45, 7) is 3.88. The maximum absolute atomic E-state index is 13.6. The highest BCUT2D eigenvalue weighted by atomic mass is 32.2. The van der Waals surface area contributed by atoms with Crippen LogP contribution in [-0.2, 0) is 0 Å². The first kappa shape index (κ1) is 13.7. The van der Waals surface area contributed by atoms with Gasteiger partial charge in [-0.1, -0.05) is 30.0 Å². The lowest BCUT2D eigenvalue weighted by atomic mass is 10.3. The van der Waals surface area contributed by atoms with Crippen molar-refractivity contribution < 1.29 is 9.13 Å². The van der Waals surface area contributed by atoms with Crippen molar-refractivity contribution in [2.45, 2.75) is 29.7 Å². The van der Waals surface area contributed by atoms with Gasteiger partial charge < -0.3 is 10.5 Å². The van der Waals surface area contributed by atoms with Crippen LogP contribution in [0.3, 0.4) is 0 Å². The maximum atomic E-state index is 13.6. The summed E-state index contributed by atoms with van der Waals surface area (Å²) in [6.07, 6.45) is 0.0519. The van der Waals surface area contributed by atoms with E-state index in [1.54, 1.807) is 18.2 Å². The zero-order valence-corrected chi connectivity index (χ0v) is 11.7. The Bertz CT molecular complexity index is 572. The molecule has 2 rings (SSSR count). The van der Waals surface area contributed by atoms with Crippen LogP contribution in [-0.4, -0.2) is 6.10 Å². The van der Waals surface area contributed by atoms with Crippen LogP contribution in [0.2, 0.25) is 0 Å². The Morgan fingerprint density at radius 1 is 1.05 bits per heavy atom. The van der Waals surface area contributed by atoms with Crippen LogP contribution in [0.5, 0.6) is 5.75 Å². The van der Waals surface area contributed by atoms with Crippen LogP contribution in [0.1, 0.15) is 13.8 Å². The second-order valence-electron chi connectivity index (χ2n) is 4.37. The zero-order chi connectivity index (χ0) is 13.8. The van der Waals surface area contributed by atoms with Crippen LogP contribution < -0.4 is 10.5 Å². The van der Waals surface area contributed by atoms with Crippen LogP contribution in [0.15, 0.2) is 52.3 Å². The fourth-order valence-electron chi connectivity index (χ4n) is 1.62. The maximum Gasteiger partial charge on any atom is 0.143 e. The van der Waals surface area contributed by atoms with E-state index in [2.05, 4.69) is 0 Å². The minimum absolute atomic E-state index is 0.0519. The molecule has 0 heterocycles. The summed E-state index contributed by atoms with van der Waals surface area (Å²) >= 11 is 1.30. The van der Waals surface area contributed by atoms with Crippen molar-refractivity contribution >= 4 is 17.4 Å². The van der Waals surface area contributed by atoms with Gasteiger partial charge in [0.15, 0.2) is 0 Å². The summed E-state index contributed by atoms with van der Waals surface area (Å²) in [5.41, 5.74) is 6.61. The molecule has 0 fully saturated rings. The molecule has 19 heavy (non-hydrogen) atoms. The molecule has 0 saturated heterocycles. The molecule has 4 heteroatoms. The van der Waals surface area contributed by atoms with Crippen molar-refractivity contribution in [2.75, 3.05) is 5.73 Å². The monoisotopic (exact) mass is 277 g/mol. The first-order valence-corrected chi connectivity index (χ1v) is 6.87. The first-order valence-electron chi connectivity index (χ1n) is 6.05. The molecule has 0 aliphatic heterocycles. The molecule has 0 bridgehead atoms. The van der Waals surface area contributed by atoms with Gasteiger partial charge in [0.2, 0.25) is 0 Å². The van der Waals surface area contributed by atoms with E-state index in [-0.39, 0.29) is 11.9 Å². The van der Waals surface area contributed by atoms with E-state index in [4.69, 9.17) is 10.5 Å². The molecule has 2 aromatic carbocycles. The van der Waals surface area contributed by atoms with Crippen molar-refractivity contribution in [3.8, 4) is 5.75 Å². The standard InChI is InChI=1S/C15H16FNOS/c1-10(2)18-12-7-5-9-14(15(12)17)19-13-8-4-3-6-11(13)16/h3-10H,17H2,1-2H3. The molecule has 0 amide bonds. The van der Waals surface area contributed by atoms with Gasteiger partial charge in [0, 0.05) is 9.79 Å². The second-order valence-corrected chi connectivity index (χ2v) is 5.45. The van der Waals surface area contributed by atoms with Gasteiger partial charge in [0.05, 0.1) is 11.8 Å². The summed E-state index contributed by atoms with van der Waals surface area (Å²) < 4.78 is 19.2. The Morgan fingerprint density at radius 2 is 1.74 bits per heavy atom. The van der Waals surface area contributed by atoms with E-state index in [0.29, 0.717) is 16.3 Å². The molecule has 0 atom stereocenters. The van der Waals surface area contributed by atoms with Crippen molar-refractivity contribution in [2.24, 2.45) is 0 Å². The van der Waals surface area contributed by atoms with Gasteiger partial charge in [-0.15, -0.1) is 0 Å². The Hall–Kier alpha value is -1.68. The van der Waals surface area contributed by atoms with E-state index >= 15 is 0 Å². The third kappa shape index (κ3) is 3.41. The predicted molar refractivity (Wildman–Crippen MR) is 77.1 cm³/mol. The highest BCUT2D eigenvalue weighted by Gasteiger charge is 2.10. The minimum atomic E-state index is -0.248. The summed E-state index contributed by atoms with van der Waals surface area (Å²) in [6, 6.07) is 12.2. The van der Waals surface area contributed by atoms with Crippen molar-refractivity contribution in [1.82, 2.24) is 0 Å². The number of anilines is 1. The molecule has 0 aliphatic carbocycles. The SMILES string of the molecule is CC(C)Oc1cccc(Sc2ccccc2F)c1N.